The molecule has 1 aliphatic heterocycles. The van der Waals surface area contributed by atoms with Crippen LogP contribution in [-0.2, 0) is 9.53 Å². The first-order chi connectivity index (χ1) is 7.83. The summed E-state index contributed by atoms with van der Waals surface area (Å²) >= 11 is 0. The van der Waals surface area contributed by atoms with Crippen molar-refractivity contribution in [2.24, 2.45) is 0 Å². The lowest BCUT2D eigenvalue weighted by molar-refractivity contribution is -0.152. The Morgan fingerprint density at radius 2 is 1.88 bits per heavy atom. The monoisotopic (exact) mass is 225 g/mol. The van der Waals surface area contributed by atoms with Crippen LogP contribution in [0.4, 0.5) is 0 Å². The average Bonchev–Trinajstić information content (AvgIpc) is 2.83. The van der Waals surface area contributed by atoms with Crippen molar-refractivity contribution in [3.63, 3.8) is 0 Å². The second kappa shape index (κ2) is 5.67. The van der Waals surface area contributed by atoms with E-state index in [1.807, 2.05) is 6.92 Å². The average molecular weight is 225 g/mol. The van der Waals surface area contributed by atoms with Gasteiger partial charge in [-0.3, -0.25) is 9.69 Å². The molecule has 1 heterocycles. The number of carbonyl (C=O) groups excluding carboxylic acids is 1. The zero-order valence-electron chi connectivity index (χ0n) is 10.3. The highest BCUT2D eigenvalue weighted by Gasteiger charge is 2.35. The van der Waals surface area contributed by atoms with E-state index in [0.717, 1.165) is 13.0 Å². The standard InChI is InChI=1S/C13H23NO2/c1-2-16-13(15)12-9-5-6-10-14(12)11-7-3-4-8-11/h11-12H,2-10H2,1H3. The molecule has 2 rings (SSSR count). The van der Waals surface area contributed by atoms with E-state index in [4.69, 9.17) is 4.74 Å². The summed E-state index contributed by atoms with van der Waals surface area (Å²) in [6, 6.07) is 0.700. The molecule has 2 fully saturated rings. The second-order valence-electron chi connectivity index (χ2n) is 4.94. The molecule has 0 radical (unpaired) electrons. The van der Waals surface area contributed by atoms with Gasteiger partial charge in [-0.25, -0.2) is 0 Å². The number of nitrogens with zero attached hydrogens (tertiary/aromatic N) is 1. The Morgan fingerprint density at radius 1 is 1.19 bits per heavy atom. The van der Waals surface area contributed by atoms with Gasteiger partial charge in [-0.2, -0.15) is 0 Å². The molecular formula is C13H23NO2. The number of piperidine rings is 1. The normalized spacial score (nSPS) is 28.2. The third kappa shape index (κ3) is 2.57. The van der Waals surface area contributed by atoms with Crippen molar-refractivity contribution < 1.29 is 9.53 Å². The maximum atomic E-state index is 11.9. The van der Waals surface area contributed by atoms with Crippen molar-refractivity contribution >= 4 is 5.97 Å². The quantitative estimate of drug-likeness (QED) is 0.690. The first-order valence-corrected chi connectivity index (χ1v) is 6.75. The van der Waals surface area contributed by atoms with Crippen LogP contribution in [0.3, 0.4) is 0 Å². The van der Waals surface area contributed by atoms with Crippen LogP contribution in [0.1, 0.15) is 51.9 Å². The molecular weight excluding hydrogens is 202 g/mol. The summed E-state index contributed by atoms with van der Waals surface area (Å²) < 4.78 is 5.19. The first kappa shape index (κ1) is 11.9. The highest BCUT2D eigenvalue weighted by molar-refractivity contribution is 5.75. The minimum absolute atomic E-state index is 0.00843. The van der Waals surface area contributed by atoms with Crippen molar-refractivity contribution in [3.05, 3.63) is 0 Å². The van der Waals surface area contributed by atoms with Crippen molar-refractivity contribution in [1.82, 2.24) is 4.90 Å². The SMILES string of the molecule is CCOC(=O)C1CCCCN1C1CCCC1. The van der Waals surface area contributed by atoms with E-state index in [-0.39, 0.29) is 12.0 Å². The highest BCUT2D eigenvalue weighted by Crippen LogP contribution is 2.29. The van der Waals surface area contributed by atoms with Gasteiger partial charge in [0.25, 0.3) is 0 Å². The summed E-state index contributed by atoms with van der Waals surface area (Å²) in [4.78, 5) is 14.3. The molecule has 0 spiro atoms. The Morgan fingerprint density at radius 3 is 2.56 bits per heavy atom. The van der Waals surface area contributed by atoms with E-state index in [9.17, 15) is 4.79 Å². The van der Waals surface area contributed by atoms with Crippen LogP contribution in [0.5, 0.6) is 0 Å². The smallest absolute Gasteiger partial charge is 0.323 e. The fourth-order valence-corrected chi connectivity index (χ4v) is 3.12. The van der Waals surface area contributed by atoms with Crippen LogP contribution in [0.15, 0.2) is 0 Å². The van der Waals surface area contributed by atoms with Crippen LogP contribution < -0.4 is 0 Å². The summed E-state index contributed by atoms with van der Waals surface area (Å²) in [5.41, 5.74) is 0. The number of ether oxygens (including phenoxy) is 1. The van der Waals surface area contributed by atoms with Gasteiger partial charge < -0.3 is 4.74 Å². The van der Waals surface area contributed by atoms with Crippen LogP contribution >= 0.6 is 0 Å². The van der Waals surface area contributed by atoms with E-state index in [2.05, 4.69) is 4.90 Å². The largest absolute Gasteiger partial charge is 0.465 e. The third-order valence-electron chi connectivity index (χ3n) is 3.90. The van der Waals surface area contributed by atoms with Gasteiger partial charge in [-0.15, -0.1) is 0 Å². The molecule has 0 aromatic heterocycles. The summed E-state index contributed by atoms with van der Waals surface area (Å²) in [5.74, 6) is 0.00843. The molecule has 0 aromatic rings. The van der Waals surface area contributed by atoms with Gasteiger partial charge in [0.2, 0.25) is 0 Å². The van der Waals surface area contributed by atoms with Gasteiger partial charge >= 0.3 is 5.97 Å². The molecule has 1 saturated carbocycles. The maximum absolute atomic E-state index is 11.9. The molecule has 2 aliphatic rings. The Bertz CT molecular complexity index is 236. The molecule has 3 heteroatoms. The number of carbonyl (C=O) groups is 1. The van der Waals surface area contributed by atoms with Crippen LogP contribution in [0.25, 0.3) is 0 Å². The fraction of sp³-hybridized carbons (Fsp3) is 0.923. The molecule has 1 atom stereocenters. The Balaban J connectivity index is 1.98. The van der Waals surface area contributed by atoms with Gasteiger partial charge in [-0.05, 0) is 39.2 Å². The van der Waals surface area contributed by atoms with Gasteiger partial charge in [0.1, 0.15) is 6.04 Å². The maximum Gasteiger partial charge on any atom is 0.323 e. The molecule has 0 amide bonds. The van der Waals surface area contributed by atoms with Crippen molar-refractivity contribution in [3.8, 4) is 0 Å². The lowest BCUT2D eigenvalue weighted by Crippen LogP contribution is -2.49. The van der Waals surface area contributed by atoms with Gasteiger partial charge in [-0.1, -0.05) is 19.3 Å². The summed E-state index contributed by atoms with van der Waals surface area (Å²) in [6.07, 6.45) is 8.62. The third-order valence-corrected chi connectivity index (χ3v) is 3.90. The minimum atomic E-state index is 0.00843. The van der Waals surface area contributed by atoms with Crippen molar-refractivity contribution in [1.29, 1.82) is 0 Å². The molecule has 1 unspecified atom stereocenters. The minimum Gasteiger partial charge on any atom is -0.465 e. The van der Waals surface area contributed by atoms with Crippen LogP contribution in [-0.4, -0.2) is 36.1 Å². The first-order valence-electron chi connectivity index (χ1n) is 6.75. The van der Waals surface area contributed by atoms with E-state index >= 15 is 0 Å². The second-order valence-corrected chi connectivity index (χ2v) is 4.94. The van der Waals surface area contributed by atoms with E-state index in [1.165, 1.54) is 38.5 Å². The number of rotatable bonds is 3. The zero-order chi connectivity index (χ0) is 11.4. The molecule has 92 valence electrons. The van der Waals surface area contributed by atoms with Gasteiger partial charge in [0.05, 0.1) is 6.61 Å². The zero-order valence-corrected chi connectivity index (χ0v) is 10.3. The Kier molecular flexibility index (Phi) is 4.22. The molecule has 0 bridgehead atoms. The van der Waals surface area contributed by atoms with Crippen molar-refractivity contribution in [2.45, 2.75) is 64.0 Å². The molecule has 0 aromatic carbocycles. The van der Waals surface area contributed by atoms with E-state index < -0.39 is 0 Å². The van der Waals surface area contributed by atoms with Gasteiger partial charge in [0, 0.05) is 6.04 Å². The fourth-order valence-electron chi connectivity index (χ4n) is 3.12. The predicted molar refractivity (Wildman–Crippen MR) is 63.2 cm³/mol. The van der Waals surface area contributed by atoms with E-state index in [0.29, 0.717) is 12.6 Å². The molecule has 1 aliphatic carbocycles. The molecule has 1 saturated heterocycles. The van der Waals surface area contributed by atoms with Crippen LogP contribution in [0.2, 0.25) is 0 Å². The summed E-state index contributed by atoms with van der Waals surface area (Å²) in [7, 11) is 0. The van der Waals surface area contributed by atoms with E-state index in [1.54, 1.807) is 0 Å². The topological polar surface area (TPSA) is 29.5 Å². The number of hydrogen-bond acceptors (Lipinski definition) is 3. The Hall–Kier alpha value is -0.570. The van der Waals surface area contributed by atoms with Crippen LogP contribution in [0, 0.1) is 0 Å². The lowest BCUT2D eigenvalue weighted by atomic mass is 9.99. The molecule has 3 nitrogen and oxygen atoms in total. The number of hydrogen-bond donors (Lipinski definition) is 0. The lowest BCUT2D eigenvalue weighted by Gasteiger charge is -2.38. The van der Waals surface area contributed by atoms with Crippen molar-refractivity contribution in [2.75, 3.05) is 13.2 Å². The Labute approximate surface area is 98.1 Å². The highest BCUT2D eigenvalue weighted by atomic mass is 16.5. The number of likely N-dealkylation sites (tertiary alicyclic amines) is 1. The van der Waals surface area contributed by atoms with Gasteiger partial charge in [0.15, 0.2) is 0 Å². The molecule has 0 N–H and O–H groups in total. The summed E-state index contributed by atoms with van der Waals surface area (Å²) in [6.45, 7) is 3.49. The number of esters is 1. The predicted octanol–water partition coefficient (Wildman–Crippen LogP) is 2.35. The molecule has 16 heavy (non-hydrogen) atoms. The summed E-state index contributed by atoms with van der Waals surface area (Å²) in [5, 5.41) is 0.